The number of aliphatic imine (C=N–C) groups is 1. The molecule has 0 atom stereocenters. The molecule has 2 aromatic carbocycles. The number of ether oxygens (including phenoxy) is 1. The minimum absolute atomic E-state index is 0.699. The predicted octanol–water partition coefficient (Wildman–Crippen LogP) is 5.35. The van der Waals surface area contributed by atoms with Gasteiger partial charge < -0.3 is 4.74 Å². The summed E-state index contributed by atoms with van der Waals surface area (Å²) in [7, 11) is 0. The van der Waals surface area contributed by atoms with Crippen LogP contribution in [0.5, 0.6) is 5.75 Å². The molecule has 0 aliphatic heterocycles. The number of hydrogen-bond acceptors (Lipinski definition) is 4. The third-order valence-corrected chi connectivity index (χ3v) is 4.87. The largest absolute Gasteiger partial charge is 0.387 e. The molecule has 0 aromatic heterocycles. The molecule has 4 heteroatoms. The monoisotopic (exact) mass is 362 g/mol. The molecule has 0 saturated heterocycles. The van der Waals surface area contributed by atoms with E-state index < -0.39 is 0 Å². The van der Waals surface area contributed by atoms with Gasteiger partial charge in [0.15, 0.2) is 0 Å². The van der Waals surface area contributed by atoms with Gasteiger partial charge in [-0.05, 0) is 65.5 Å². The second-order valence-corrected chi connectivity index (χ2v) is 6.49. The number of carbonyl (C=O) groups excluding carboxylic acids is 1. The van der Waals surface area contributed by atoms with Gasteiger partial charge in [-0.15, -0.1) is 5.26 Å². The van der Waals surface area contributed by atoms with Gasteiger partial charge >= 0.3 is 0 Å². The summed E-state index contributed by atoms with van der Waals surface area (Å²) in [6.45, 7) is 8.28. The van der Waals surface area contributed by atoms with Gasteiger partial charge in [-0.1, -0.05) is 52.0 Å². The average Bonchev–Trinajstić information content (AvgIpc) is 2.69. The molecule has 0 aliphatic rings. The molecular formula is C23H26N2O2. The summed E-state index contributed by atoms with van der Waals surface area (Å²) in [5, 5.41) is 8.94. The molecule has 4 nitrogen and oxygen atoms in total. The lowest BCUT2D eigenvalue weighted by molar-refractivity contribution is 0.494. The molecule has 0 amide bonds. The van der Waals surface area contributed by atoms with Crippen LogP contribution in [0.2, 0.25) is 0 Å². The lowest BCUT2D eigenvalue weighted by atomic mass is 9.93. The topological polar surface area (TPSA) is 62.4 Å². The summed E-state index contributed by atoms with van der Waals surface area (Å²) in [6, 6.07) is 8.51. The smallest absolute Gasteiger partial charge is 0.292 e. The summed E-state index contributed by atoms with van der Waals surface area (Å²) in [4.78, 5) is 14.7. The van der Waals surface area contributed by atoms with Crippen LogP contribution in [0.4, 0.5) is 5.69 Å². The van der Waals surface area contributed by atoms with Crippen LogP contribution < -0.4 is 4.74 Å². The van der Waals surface area contributed by atoms with Gasteiger partial charge in [-0.2, -0.15) is 4.99 Å². The maximum absolute atomic E-state index is 10.8. The predicted molar refractivity (Wildman–Crippen MR) is 107 cm³/mol. The SMILES string of the molecule is CCc1cc(Cc2cc(CC)c(OC#N)c(CC)c2)cc(CC)c1N=C=O. The first-order valence-corrected chi connectivity index (χ1v) is 9.54. The minimum atomic E-state index is 0.699. The van der Waals surface area contributed by atoms with Gasteiger partial charge in [0.2, 0.25) is 6.08 Å². The van der Waals surface area contributed by atoms with E-state index in [4.69, 9.17) is 10.00 Å². The highest BCUT2D eigenvalue weighted by Gasteiger charge is 2.13. The van der Waals surface area contributed by atoms with Crippen molar-refractivity contribution in [2.24, 2.45) is 4.99 Å². The van der Waals surface area contributed by atoms with E-state index in [1.807, 2.05) is 6.26 Å². The zero-order valence-electron chi connectivity index (χ0n) is 16.6. The van der Waals surface area contributed by atoms with E-state index in [9.17, 15) is 4.79 Å². The fraction of sp³-hybridized carbons (Fsp3) is 0.391. The second kappa shape index (κ2) is 9.71. The maximum Gasteiger partial charge on any atom is 0.292 e. The summed E-state index contributed by atoms with van der Waals surface area (Å²) in [6.07, 6.45) is 7.54. The highest BCUT2D eigenvalue weighted by molar-refractivity contribution is 5.60. The quantitative estimate of drug-likeness (QED) is 0.361. The van der Waals surface area contributed by atoms with Crippen molar-refractivity contribution in [1.29, 1.82) is 5.26 Å². The summed E-state index contributed by atoms with van der Waals surface area (Å²) in [5.74, 6) is 0.699. The van der Waals surface area contributed by atoms with E-state index >= 15 is 0 Å². The van der Waals surface area contributed by atoms with Crippen molar-refractivity contribution in [3.05, 3.63) is 57.6 Å². The molecule has 0 fully saturated rings. The molecule has 0 aliphatic carbocycles. The van der Waals surface area contributed by atoms with Crippen molar-refractivity contribution in [2.75, 3.05) is 0 Å². The van der Waals surface area contributed by atoms with Gasteiger partial charge in [-0.25, -0.2) is 4.79 Å². The molecule has 0 radical (unpaired) electrons. The second-order valence-electron chi connectivity index (χ2n) is 6.49. The first-order chi connectivity index (χ1) is 13.1. The fourth-order valence-electron chi connectivity index (χ4n) is 3.53. The lowest BCUT2D eigenvalue weighted by Crippen LogP contribution is -2.00. The Hall–Kier alpha value is -2.89. The van der Waals surface area contributed by atoms with Gasteiger partial charge in [-0.3, -0.25) is 0 Å². The Bertz CT molecular complexity index is 853. The summed E-state index contributed by atoms with van der Waals surface area (Å²) in [5.41, 5.74) is 7.42. The number of hydrogen-bond donors (Lipinski definition) is 0. The Morgan fingerprint density at radius 2 is 1.30 bits per heavy atom. The zero-order chi connectivity index (χ0) is 19.8. The van der Waals surface area contributed by atoms with Crippen molar-refractivity contribution in [1.82, 2.24) is 0 Å². The fourth-order valence-corrected chi connectivity index (χ4v) is 3.53. The van der Waals surface area contributed by atoms with E-state index in [2.05, 4.69) is 57.0 Å². The third-order valence-electron chi connectivity index (χ3n) is 4.87. The molecule has 2 aromatic rings. The highest BCUT2D eigenvalue weighted by atomic mass is 16.5. The van der Waals surface area contributed by atoms with E-state index in [0.29, 0.717) is 5.75 Å². The number of nitrogens with zero attached hydrogens (tertiary/aromatic N) is 2. The van der Waals surface area contributed by atoms with Crippen molar-refractivity contribution >= 4 is 11.8 Å². The molecular weight excluding hydrogens is 336 g/mol. The molecule has 0 N–H and O–H groups in total. The van der Waals surface area contributed by atoms with Gasteiger partial charge in [0.25, 0.3) is 6.26 Å². The lowest BCUT2D eigenvalue weighted by Gasteiger charge is -2.15. The maximum atomic E-state index is 10.8. The van der Waals surface area contributed by atoms with Crippen LogP contribution in [0.25, 0.3) is 0 Å². The van der Waals surface area contributed by atoms with E-state index in [1.165, 1.54) is 11.1 Å². The first-order valence-electron chi connectivity index (χ1n) is 9.54. The van der Waals surface area contributed by atoms with Gasteiger partial charge in [0.1, 0.15) is 5.75 Å². The average molecular weight is 362 g/mol. The van der Waals surface area contributed by atoms with Gasteiger partial charge in [0.05, 0.1) is 5.69 Å². The molecule has 0 spiro atoms. The van der Waals surface area contributed by atoms with Gasteiger partial charge in [0, 0.05) is 0 Å². The Labute approximate surface area is 161 Å². The molecule has 27 heavy (non-hydrogen) atoms. The number of aryl methyl sites for hydroxylation is 4. The number of rotatable bonds is 8. The summed E-state index contributed by atoms with van der Waals surface area (Å²) < 4.78 is 5.23. The Morgan fingerprint density at radius 1 is 0.852 bits per heavy atom. The standard InChI is InChI=1S/C23H26N2O2/c1-5-18-10-16(11-19(6-2)22(18)25-15-26)9-17-12-20(7-3)23(27-14-24)21(8-4)13-17/h10-13H,5-9H2,1-4H3. The van der Waals surface area contributed by atoms with Crippen LogP contribution in [0.3, 0.4) is 0 Å². The van der Waals surface area contributed by atoms with Crippen LogP contribution >= 0.6 is 0 Å². The third kappa shape index (κ3) is 4.64. The Balaban J connectivity index is 2.50. The summed E-state index contributed by atoms with van der Waals surface area (Å²) >= 11 is 0. The number of benzene rings is 2. The van der Waals surface area contributed by atoms with Crippen LogP contribution in [0.1, 0.15) is 61.1 Å². The molecule has 0 saturated carbocycles. The van der Waals surface area contributed by atoms with Crippen molar-refractivity contribution in [3.8, 4) is 12.0 Å². The Kier molecular flexibility index (Phi) is 7.34. The number of isocyanates is 1. The van der Waals surface area contributed by atoms with E-state index in [-0.39, 0.29) is 0 Å². The van der Waals surface area contributed by atoms with Crippen molar-refractivity contribution in [2.45, 2.75) is 59.8 Å². The molecule has 0 bridgehead atoms. The Morgan fingerprint density at radius 3 is 1.67 bits per heavy atom. The van der Waals surface area contributed by atoms with Crippen LogP contribution in [-0.4, -0.2) is 6.08 Å². The molecule has 0 heterocycles. The highest BCUT2D eigenvalue weighted by Crippen LogP contribution is 2.31. The van der Waals surface area contributed by atoms with E-state index in [1.54, 1.807) is 6.08 Å². The number of nitriles is 1. The van der Waals surface area contributed by atoms with Crippen molar-refractivity contribution < 1.29 is 9.53 Å². The van der Waals surface area contributed by atoms with Crippen LogP contribution in [-0.2, 0) is 36.9 Å². The normalized spacial score (nSPS) is 10.2. The molecule has 0 unspecified atom stereocenters. The van der Waals surface area contributed by atoms with Crippen LogP contribution in [0.15, 0.2) is 29.3 Å². The minimum Gasteiger partial charge on any atom is -0.387 e. The van der Waals surface area contributed by atoms with Crippen molar-refractivity contribution in [3.63, 3.8) is 0 Å². The van der Waals surface area contributed by atoms with E-state index in [0.717, 1.165) is 60.0 Å². The molecule has 2 rings (SSSR count). The zero-order valence-corrected chi connectivity index (χ0v) is 16.6. The first kappa shape index (κ1) is 20.4. The van der Waals surface area contributed by atoms with Crippen LogP contribution in [0, 0.1) is 11.5 Å². The molecule has 140 valence electrons.